The van der Waals surface area contributed by atoms with E-state index < -0.39 is 5.92 Å². The van der Waals surface area contributed by atoms with Gasteiger partial charge in [0.15, 0.2) is 0 Å². The third kappa shape index (κ3) is 5.72. The fourth-order valence-electron chi connectivity index (χ4n) is 4.98. The molecule has 1 atom stereocenters. The van der Waals surface area contributed by atoms with Crippen LogP contribution in [0.1, 0.15) is 29.9 Å². The number of morpholine rings is 1. The molecular weight excluding hydrogens is 472 g/mol. The van der Waals surface area contributed by atoms with Crippen molar-refractivity contribution in [2.45, 2.75) is 25.3 Å². The molecule has 2 amide bonds. The van der Waals surface area contributed by atoms with Crippen LogP contribution in [0.3, 0.4) is 0 Å². The monoisotopic (exact) mass is 506 g/mol. The number of nitrogens with zero attached hydrogens (tertiary/aromatic N) is 6. The van der Waals surface area contributed by atoms with Gasteiger partial charge in [0, 0.05) is 58.1 Å². The molecule has 3 aliphatic heterocycles. The molecule has 11 nitrogen and oxygen atoms in total. The summed E-state index contributed by atoms with van der Waals surface area (Å²) < 4.78 is 5.55. The first kappa shape index (κ1) is 25.1. The van der Waals surface area contributed by atoms with Crippen molar-refractivity contribution in [1.29, 1.82) is 0 Å². The molecule has 0 aliphatic carbocycles. The molecule has 1 aromatic carbocycles. The van der Waals surface area contributed by atoms with Crippen LogP contribution in [0.4, 0.5) is 23.0 Å². The summed E-state index contributed by atoms with van der Waals surface area (Å²) in [4.78, 5) is 45.2. The number of ether oxygens (including phenoxy) is 1. The molecule has 2 aromatic rings. The van der Waals surface area contributed by atoms with Gasteiger partial charge in [-0.3, -0.25) is 14.6 Å². The Balaban J connectivity index is 1.49. The van der Waals surface area contributed by atoms with Crippen molar-refractivity contribution in [3.8, 4) is 0 Å². The zero-order valence-corrected chi connectivity index (χ0v) is 21.4. The van der Waals surface area contributed by atoms with Gasteiger partial charge in [0.25, 0.3) is 0 Å². The van der Waals surface area contributed by atoms with Crippen LogP contribution in [0.25, 0.3) is 0 Å². The van der Waals surface area contributed by atoms with Crippen molar-refractivity contribution in [2.24, 2.45) is 4.99 Å². The Morgan fingerprint density at radius 1 is 1.03 bits per heavy atom. The highest BCUT2D eigenvalue weighted by molar-refractivity contribution is 6.13. The Kier molecular flexibility index (Phi) is 7.61. The minimum atomic E-state index is -0.609. The van der Waals surface area contributed by atoms with Gasteiger partial charge in [-0.2, -0.15) is 0 Å². The molecule has 11 heteroatoms. The summed E-state index contributed by atoms with van der Waals surface area (Å²) in [7, 11) is 3.90. The molecule has 5 rings (SSSR count). The van der Waals surface area contributed by atoms with E-state index >= 15 is 0 Å². The third-order valence-corrected chi connectivity index (χ3v) is 7.04. The van der Waals surface area contributed by atoms with Gasteiger partial charge in [-0.1, -0.05) is 0 Å². The number of carbonyl (C=O) groups is 2. The lowest BCUT2D eigenvalue weighted by Crippen LogP contribution is -2.37. The number of aliphatic imine (C=N–C) groups is 1. The summed E-state index contributed by atoms with van der Waals surface area (Å²) in [6.07, 6.45) is 4.37. The summed E-state index contributed by atoms with van der Waals surface area (Å²) in [6, 6.07) is 6.19. The number of likely N-dealkylation sites (N-methyl/N-ethyl adjacent to an activating group) is 1. The summed E-state index contributed by atoms with van der Waals surface area (Å²) in [5, 5.41) is 6.12. The molecule has 1 saturated heterocycles. The fraction of sp³-hybridized carbons (Fsp3) is 0.500. The normalized spacial score (nSPS) is 21.6. The van der Waals surface area contributed by atoms with Crippen LogP contribution in [-0.4, -0.2) is 97.8 Å². The Labute approximate surface area is 216 Å². The molecule has 196 valence electrons. The van der Waals surface area contributed by atoms with E-state index in [-0.39, 0.29) is 11.8 Å². The van der Waals surface area contributed by atoms with Gasteiger partial charge in [0.1, 0.15) is 23.9 Å². The standard InChI is InChI=1S/C26H34N8O3/c1-32-8-3-4-22(35)33(2)9-7-27-24-23-20(26(36)31-25(23)30-17-29-24)15-28-19-5-6-21(18(14-19)16-32)34-10-12-37-13-11-34/h5-6,14-15,17,20H,3-4,7-13,16H2,1-2H3,(H2,27,29,30,31,36). The lowest BCUT2D eigenvalue weighted by molar-refractivity contribution is -0.129. The smallest absolute Gasteiger partial charge is 0.238 e. The number of fused-ring (bicyclic) bond motifs is 2. The van der Waals surface area contributed by atoms with Crippen molar-refractivity contribution < 1.29 is 14.3 Å². The van der Waals surface area contributed by atoms with E-state index in [4.69, 9.17) is 9.73 Å². The number of amides is 2. The molecule has 0 radical (unpaired) electrons. The van der Waals surface area contributed by atoms with E-state index in [0.29, 0.717) is 49.9 Å². The first-order chi connectivity index (χ1) is 18.0. The second-order valence-electron chi connectivity index (χ2n) is 9.73. The maximum atomic E-state index is 12.8. The molecule has 2 N–H and O–H groups in total. The minimum Gasteiger partial charge on any atom is -0.378 e. The molecule has 0 saturated carbocycles. The van der Waals surface area contributed by atoms with Gasteiger partial charge in [0.05, 0.1) is 24.5 Å². The van der Waals surface area contributed by atoms with Gasteiger partial charge in [0.2, 0.25) is 11.8 Å². The van der Waals surface area contributed by atoms with Gasteiger partial charge in [-0.25, -0.2) is 9.97 Å². The van der Waals surface area contributed by atoms with Crippen LogP contribution in [-0.2, 0) is 20.9 Å². The Morgan fingerprint density at radius 3 is 2.68 bits per heavy atom. The predicted molar refractivity (Wildman–Crippen MR) is 143 cm³/mol. The molecule has 1 unspecified atom stereocenters. The lowest BCUT2D eigenvalue weighted by Gasteiger charge is -2.31. The van der Waals surface area contributed by atoms with E-state index in [1.165, 1.54) is 12.0 Å². The summed E-state index contributed by atoms with van der Waals surface area (Å²) in [6.45, 7) is 5.68. The van der Waals surface area contributed by atoms with E-state index in [1.54, 1.807) is 11.1 Å². The quantitative estimate of drug-likeness (QED) is 0.602. The lowest BCUT2D eigenvalue weighted by atomic mass is 10.0. The van der Waals surface area contributed by atoms with Crippen LogP contribution >= 0.6 is 0 Å². The second kappa shape index (κ2) is 11.2. The maximum absolute atomic E-state index is 12.8. The van der Waals surface area contributed by atoms with Gasteiger partial charge >= 0.3 is 0 Å². The highest BCUT2D eigenvalue weighted by atomic mass is 16.5. The fourth-order valence-corrected chi connectivity index (χ4v) is 4.98. The molecular formula is C26H34N8O3. The van der Waals surface area contributed by atoms with E-state index in [9.17, 15) is 9.59 Å². The number of aromatic nitrogens is 2. The molecule has 3 aliphatic rings. The van der Waals surface area contributed by atoms with E-state index in [2.05, 4.69) is 49.6 Å². The van der Waals surface area contributed by atoms with Crippen molar-refractivity contribution in [3.63, 3.8) is 0 Å². The Bertz CT molecular complexity index is 1180. The van der Waals surface area contributed by atoms with E-state index in [1.807, 2.05) is 13.1 Å². The number of rotatable bonds is 1. The first-order valence-electron chi connectivity index (χ1n) is 12.8. The molecule has 1 aromatic heterocycles. The van der Waals surface area contributed by atoms with E-state index in [0.717, 1.165) is 43.9 Å². The topological polar surface area (TPSA) is 115 Å². The predicted octanol–water partition coefficient (Wildman–Crippen LogP) is 1.85. The van der Waals surface area contributed by atoms with Crippen molar-refractivity contribution in [3.05, 3.63) is 35.7 Å². The van der Waals surface area contributed by atoms with Crippen LogP contribution in [0.15, 0.2) is 29.5 Å². The van der Waals surface area contributed by atoms with Crippen LogP contribution < -0.4 is 15.5 Å². The average Bonchev–Trinajstić information content (AvgIpc) is 3.23. The van der Waals surface area contributed by atoms with Crippen molar-refractivity contribution in [2.75, 3.05) is 75.6 Å². The Hall–Kier alpha value is -3.57. The number of benzene rings is 1. The van der Waals surface area contributed by atoms with Crippen LogP contribution in [0, 0.1) is 0 Å². The zero-order chi connectivity index (χ0) is 25.8. The largest absolute Gasteiger partial charge is 0.378 e. The molecule has 4 heterocycles. The first-order valence-corrected chi connectivity index (χ1v) is 12.8. The number of hydrogen-bond donors (Lipinski definition) is 2. The number of anilines is 3. The number of hydrogen-bond acceptors (Lipinski definition) is 9. The third-order valence-electron chi connectivity index (χ3n) is 7.04. The number of nitrogens with one attached hydrogen (secondary N) is 2. The minimum absolute atomic E-state index is 0.113. The Morgan fingerprint density at radius 2 is 1.84 bits per heavy atom. The van der Waals surface area contributed by atoms with Gasteiger partial charge in [-0.15, -0.1) is 0 Å². The average molecular weight is 507 g/mol. The van der Waals surface area contributed by atoms with Crippen LogP contribution in [0.5, 0.6) is 0 Å². The molecule has 1 fully saturated rings. The zero-order valence-electron chi connectivity index (χ0n) is 21.4. The highest BCUT2D eigenvalue weighted by Crippen LogP contribution is 2.35. The molecule has 2 bridgehead atoms. The maximum Gasteiger partial charge on any atom is 0.238 e. The van der Waals surface area contributed by atoms with Gasteiger partial charge < -0.3 is 30.1 Å². The summed E-state index contributed by atoms with van der Waals surface area (Å²) >= 11 is 0. The molecule has 37 heavy (non-hydrogen) atoms. The number of carbonyl (C=O) groups excluding carboxylic acids is 2. The van der Waals surface area contributed by atoms with Crippen molar-refractivity contribution >= 4 is 41.0 Å². The SMILES string of the molecule is CN1CCCC(=O)N(C)CCNc2ncnc3c2C(C=Nc2ccc(N4CCOCC4)c(c2)C1)C(=O)N3. The second-order valence-corrected chi connectivity index (χ2v) is 9.73. The van der Waals surface area contributed by atoms with Crippen LogP contribution in [0.2, 0.25) is 0 Å². The molecule has 0 spiro atoms. The highest BCUT2D eigenvalue weighted by Gasteiger charge is 2.34. The van der Waals surface area contributed by atoms with Crippen molar-refractivity contribution in [1.82, 2.24) is 19.8 Å². The van der Waals surface area contributed by atoms with Gasteiger partial charge in [-0.05, 0) is 43.8 Å². The summed E-state index contributed by atoms with van der Waals surface area (Å²) in [5.74, 6) is 0.382. The summed E-state index contributed by atoms with van der Waals surface area (Å²) in [5.41, 5.74) is 3.79.